The second-order valence-corrected chi connectivity index (χ2v) is 0.966. The number of nitrogens with zero attached hydrogens (tertiary/aromatic N) is 2. The van der Waals surface area contributed by atoms with Gasteiger partial charge in [-0.25, -0.2) is 0 Å². The van der Waals surface area contributed by atoms with Crippen molar-refractivity contribution in [3.8, 4) is 0 Å². The molecule has 14 heavy (non-hydrogen) atoms. The van der Waals surface area contributed by atoms with E-state index in [1.54, 1.807) is 0 Å². The molecule has 0 rings (SSSR count). The van der Waals surface area contributed by atoms with Gasteiger partial charge in [-0.3, -0.25) is 4.79 Å². The minimum atomic E-state index is -1.75. The van der Waals surface area contributed by atoms with Gasteiger partial charge in [0.2, 0.25) is 0 Å². The Morgan fingerprint density at radius 2 is 1.07 bits per heavy atom. The van der Waals surface area contributed by atoms with Gasteiger partial charge in [0.25, 0.3) is 5.97 Å². The van der Waals surface area contributed by atoms with Crippen LogP contribution in [-0.4, -0.2) is 26.7 Å². The van der Waals surface area contributed by atoms with Crippen LogP contribution in [0.3, 0.4) is 0 Å². The Morgan fingerprint density at radius 1 is 1.07 bits per heavy atom. The first-order valence-corrected chi connectivity index (χ1v) is 2.02. The Balaban J connectivity index is -0.0000000270. The molecule has 3 N–H and O–H groups in total. The van der Waals surface area contributed by atoms with Crippen LogP contribution in [0.15, 0.2) is 0 Å². The second-order valence-electron chi connectivity index (χ2n) is 0.966. The van der Waals surface area contributed by atoms with Crippen molar-refractivity contribution in [2.24, 2.45) is 0 Å². The Morgan fingerprint density at radius 3 is 1.07 bits per heavy atom. The van der Waals surface area contributed by atoms with Crippen molar-refractivity contribution in [1.82, 2.24) is 0 Å². The molecule has 0 bridgehead atoms. The summed E-state index contributed by atoms with van der Waals surface area (Å²) < 4.78 is 0. The maximum Gasteiger partial charge on any atom is 2.00 e. The fourth-order valence-electron chi connectivity index (χ4n) is 0. The summed E-state index contributed by atoms with van der Waals surface area (Å²) in [5.41, 5.74) is 0. The predicted octanol–water partition coefficient (Wildman–Crippen LogP) is -1.21. The average Bonchev–Trinajstić information content (AvgIpc) is 1.54. The van der Waals surface area contributed by atoms with Crippen molar-refractivity contribution < 1.29 is 42.6 Å². The molecular formula is C2H6FeN2O9. The number of aliphatic carboxylic acids is 1. The Kier molecular flexibility index (Phi) is 47.3. The molecule has 0 aromatic heterocycles. The zero-order valence-corrected chi connectivity index (χ0v) is 7.66. The van der Waals surface area contributed by atoms with Gasteiger partial charge < -0.3 is 41.2 Å². The monoisotopic (exact) mass is 258 g/mol. The van der Waals surface area contributed by atoms with Crippen molar-refractivity contribution in [2.45, 2.75) is 6.92 Å². The van der Waals surface area contributed by atoms with E-state index in [2.05, 4.69) is 0 Å². The largest absolute Gasteiger partial charge is 2.00 e. The molecule has 0 aliphatic rings. The normalized spacial score (nSPS) is 5.21. The van der Waals surface area contributed by atoms with Crippen LogP contribution in [0, 0.1) is 30.6 Å². The van der Waals surface area contributed by atoms with Gasteiger partial charge in [0.05, 0.1) is 10.2 Å². The van der Waals surface area contributed by atoms with Crippen molar-refractivity contribution in [3.05, 3.63) is 30.6 Å². The first kappa shape index (κ1) is 29.5. The molecule has 0 aromatic carbocycles. The average molecular weight is 258 g/mol. The minimum Gasteiger partial charge on any atom is -0.481 e. The quantitative estimate of drug-likeness (QED) is 0.316. The third kappa shape index (κ3) is 332. The number of rotatable bonds is 0. The van der Waals surface area contributed by atoms with Crippen LogP contribution < -0.4 is 0 Å². The van der Waals surface area contributed by atoms with Crippen molar-refractivity contribution in [3.63, 3.8) is 0 Å². The molecule has 0 heterocycles. The number of hydrogen-bond acceptors (Lipinski definition) is 7. The summed E-state index contributed by atoms with van der Waals surface area (Å²) >= 11 is 0. The van der Waals surface area contributed by atoms with Crippen molar-refractivity contribution >= 4 is 5.97 Å². The van der Waals surface area contributed by atoms with Crippen molar-refractivity contribution in [1.29, 1.82) is 0 Å². The van der Waals surface area contributed by atoms with Crippen LogP contribution >= 0.6 is 0 Å². The molecule has 0 aliphatic carbocycles. The van der Waals surface area contributed by atoms with Crippen molar-refractivity contribution in [2.75, 3.05) is 0 Å². The van der Waals surface area contributed by atoms with E-state index in [-0.39, 0.29) is 22.5 Å². The van der Waals surface area contributed by atoms with E-state index in [1.807, 2.05) is 0 Å². The van der Waals surface area contributed by atoms with E-state index in [4.69, 9.17) is 40.5 Å². The van der Waals surface area contributed by atoms with Gasteiger partial charge >= 0.3 is 17.1 Å². The zero-order chi connectivity index (χ0) is 10.7. The molecule has 86 valence electrons. The summed E-state index contributed by atoms with van der Waals surface area (Å²) in [5, 5.41) is 36.9. The molecule has 0 amide bonds. The van der Waals surface area contributed by atoms with Gasteiger partial charge in [-0.05, 0) is 0 Å². The van der Waals surface area contributed by atoms with E-state index < -0.39 is 16.1 Å². The van der Waals surface area contributed by atoms with Crippen LogP contribution in [0.25, 0.3) is 0 Å². The maximum atomic E-state index is 9.00. The van der Waals surface area contributed by atoms with Crippen LogP contribution in [0.5, 0.6) is 0 Å². The molecule has 0 saturated heterocycles. The second kappa shape index (κ2) is 22.5. The molecule has 0 aromatic rings. The van der Waals surface area contributed by atoms with Crippen LogP contribution in [0.2, 0.25) is 0 Å². The van der Waals surface area contributed by atoms with E-state index >= 15 is 0 Å². The molecule has 0 unspecified atom stereocenters. The summed E-state index contributed by atoms with van der Waals surface area (Å²) in [6.45, 7) is 1.08. The first-order valence-electron chi connectivity index (χ1n) is 2.02. The molecule has 12 heteroatoms. The van der Waals surface area contributed by atoms with E-state index in [0.717, 1.165) is 6.92 Å². The maximum absolute atomic E-state index is 9.00. The molecule has 0 spiro atoms. The third-order valence-corrected chi connectivity index (χ3v) is 0. The fourth-order valence-corrected chi connectivity index (χ4v) is 0. The van der Waals surface area contributed by atoms with E-state index in [9.17, 15) is 0 Å². The summed E-state index contributed by atoms with van der Waals surface area (Å²) in [6.07, 6.45) is 0. The molecule has 0 saturated carbocycles. The molecule has 11 nitrogen and oxygen atoms in total. The number of carboxylic acid groups (broad SMARTS) is 1. The molecular weight excluding hydrogens is 252 g/mol. The third-order valence-electron chi connectivity index (χ3n) is 0. The summed E-state index contributed by atoms with van der Waals surface area (Å²) in [4.78, 5) is 25.5. The molecule has 0 aliphatic heterocycles. The molecule has 0 atom stereocenters. The van der Waals surface area contributed by atoms with E-state index in [0.29, 0.717) is 0 Å². The smallest absolute Gasteiger partial charge is 0.481 e. The van der Waals surface area contributed by atoms with Gasteiger partial charge in [-0.15, -0.1) is 0 Å². The Hall–Kier alpha value is -1.65. The predicted molar refractivity (Wildman–Crippen MR) is 37.6 cm³/mol. The first-order chi connectivity index (χ1) is 5.20. The molecule has 0 radical (unpaired) electrons. The van der Waals surface area contributed by atoms with Gasteiger partial charge in [-0.2, -0.15) is 0 Å². The Labute approximate surface area is 87.0 Å². The van der Waals surface area contributed by atoms with Gasteiger partial charge in [0, 0.05) is 6.92 Å². The van der Waals surface area contributed by atoms with Crippen LogP contribution in [-0.2, 0) is 21.9 Å². The fraction of sp³-hybridized carbons (Fsp3) is 0.500. The number of carboxylic acids is 1. The summed E-state index contributed by atoms with van der Waals surface area (Å²) in [5.74, 6) is -0.833. The minimum absolute atomic E-state index is 0. The summed E-state index contributed by atoms with van der Waals surface area (Å²) in [6, 6.07) is 0. The van der Waals surface area contributed by atoms with Crippen LogP contribution in [0.1, 0.15) is 6.92 Å². The van der Waals surface area contributed by atoms with Gasteiger partial charge in [0.15, 0.2) is 0 Å². The zero-order valence-electron chi connectivity index (χ0n) is 6.55. The SMILES string of the molecule is CC(=O)O.O.O=[N+]([O-])[O-].O=[N+]([O-])[O-].[Fe+2]. The number of carbonyl (C=O) groups is 1. The topological polar surface area (TPSA) is 201 Å². The standard InChI is InChI=1S/C2H4O2.Fe.2NO3.H2O/c1-2(3)4;;2*2-1(3)4;/h1H3,(H,3,4);;;;1H2/q;+2;2*-1;. The number of hydrogen-bond donors (Lipinski definition) is 1. The van der Waals surface area contributed by atoms with E-state index in [1.165, 1.54) is 0 Å². The van der Waals surface area contributed by atoms with Crippen LogP contribution in [0.4, 0.5) is 0 Å². The van der Waals surface area contributed by atoms with Gasteiger partial charge in [-0.1, -0.05) is 0 Å². The Bertz CT molecular complexity index is 118. The molecule has 0 fully saturated rings. The van der Waals surface area contributed by atoms with Gasteiger partial charge in [0.1, 0.15) is 0 Å². The summed E-state index contributed by atoms with van der Waals surface area (Å²) in [7, 11) is 0.